The third-order valence-corrected chi connectivity index (χ3v) is 5.86. The number of unbranched alkanes of at least 4 members (excludes halogenated alkanes) is 3. The first-order chi connectivity index (χ1) is 11.5. The number of Topliss-reactive ketones (excluding diaryl/α,β-unsaturated/α-hetero) is 1. The van der Waals surface area contributed by atoms with Crippen molar-refractivity contribution in [2.75, 3.05) is 72.5 Å². The first kappa shape index (κ1) is 19.3. The van der Waals surface area contributed by atoms with E-state index in [2.05, 4.69) is 10.6 Å². The molecule has 2 bridgehead atoms. The van der Waals surface area contributed by atoms with E-state index in [0.717, 1.165) is 67.7 Å². The number of carbonyl (C=O) groups is 2. The molecule has 0 spiro atoms. The molecule has 138 valence electrons. The smallest absolute Gasteiger partial charge is 0.275 e. The van der Waals surface area contributed by atoms with Gasteiger partial charge in [0.05, 0.1) is 0 Å². The average Bonchev–Trinajstić information content (AvgIpc) is 2.55. The second-order valence-corrected chi connectivity index (χ2v) is 7.91. The van der Waals surface area contributed by atoms with E-state index in [9.17, 15) is 9.59 Å². The number of fused-ring (bicyclic) bond motifs is 3. The number of quaternary nitrogens is 2. The van der Waals surface area contributed by atoms with Crippen LogP contribution >= 0.6 is 0 Å². The number of amides is 1. The highest BCUT2D eigenvalue weighted by atomic mass is 16.2. The summed E-state index contributed by atoms with van der Waals surface area (Å²) < 4.78 is 1.90. The molecular formula is C18H36N4O2+2. The van der Waals surface area contributed by atoms with Gasteiger partial charge in [-0.2, -0.15) is 0 Å². The number of nitrogens with zero attached hydrogens (tertiary/aromatic N) is 2. The van der Waals surface area contributed by atoms with Crippen molar-refractivity contribution in [2.24, 2.45) is 0 Å². The molecule has 0 saturated carbocycles. The maximum atomic E-state index is 12.3. The SMILES string of the molecule is CNCCCCCCNC(=O)C[N+]12CC[N+](CC(C)=O)(CC1)CC2. The van der Waals surface area contributed by atoms with Gasteiger partial charge in [0.15, 0.2) is 12.3 Å². The molecule has 0 unspecified atom stereocenters. The van der Waals surface area contributed by atoms with Crippen molar-refractivity contribution in [3.8, 4) is 0 Å². The van der Waals surface area contributed by atoms with E-state index in [1.807, 2.05) is 7.05 Å². The summed E-state index contributed by atoms with van der Waals surface area (Å²) in [5, 5.41) is 6.27. The number of hydrogen-bond donors (Lipinski definition) is 2. The number of carbonyl (C=O) groups excluding carboxylic acids is 2. The Morgan fingerprint density at radius 1 is 0.792 bits per heavy atom. The van der Waals surface area contributed by atoms with E-state index < -0.39 is 0 Å². The Kier molecular flexibility index (Phi) is 7.19. The summed E-state index contributed by atoms with van der Waals surface area (Å²) in [6.07, 6.45) is 4.71. The molecule has 6 heteroatoms. The van der Waals surface area contributed by atoms with Crippen molar-refractivity contribution in [3.05, 3.63) is 0 Å². The van der Waals surface area contributed by atoms with Gasteiger partial charge in [-0.1, -0.05) is 12.8 Å². The number of hydrogen-bond acceptors (Lipinski definition) is 3. The monoisotopic (exact) mass is 340 g/mol. The molecule has 3 aliphatic rings. The Morgan fingerprint density at radius 2 is 1.29 bits per heavy atom. The molecule has 3 aliphatic heterocycles. The van der Waals surface area contributed by atoms with Crippen LogP contribution in [-0.2, 0) is 9.59 Å². The molecule has 3 saturated heterocycles. The van der Waals surface area contributed by atoms with Gasteiger partial charge in [0.1, 0.15) is 45.8 Å². The Hall–Kier alpha value is -0.980. The predicted octanol–water partition coefficient (Wildman–Crippen LogP) is 0.132. The summed E-state index contributed by atoms with van der Waals surface area (Å²) in [4.78, 5) is 23.8. The van der Waals surface area contributed by atoms with Crippen LogP contribution < -0.4 is 10.6 Å². The molecule has 3 fully saturated rings. The Labute approximate surface area is 146 Å². The van der Waals surface area contributed by atoms with E-state index in [1.165, 1.54) is 19.3 Å². The molecule has 0 aromatic heterocycles. The Bertz CT molecular complexity index is 414. The zero-order valence-electron chi connectivity index (χ0n) is 15.6. The van der Waals surface area contributed by atoms with Crippen molar-refractivity contribution >= 4 is 11.7 Å². The molecule has 24 heavy (non-hydrogen) atoms. The second kappa shape index (κ2) is 8.92. The second-order valence-electron chi connectivity index (χ2n) is 7.91. The highest BCUT2D eigenvalue weighted by Crippen LogP contribution is 2.26. The lowest BCUT2D eigenvalue weighted by Gasteiger charge is -2.54. The van der Waals surface area contributed by atoms with Crippen LogP contribution in [0.5, 0.6) is 0 Å². The van der Waals surface area contributed by atoms with E-state index in [4.69, 9.17) is 0 Å². The van der Waals surface area contributed by atoms with Crippen molar-refractivity contribution in [1.82, 2.24) is 10.6 Å². The molecule has 3 heterocycles. The minimum atomic E-state index is 0.207. The number of ketones is 1. The van der Waals surface area contributed by atoms with Gasteiger partial charge in [0.25, 0.3) is 5.91 Å². The third kappa shape index (κ3) is 5.53. The summed E-state index contributed by atoms with van der Waals surface area (Å²) in [6.45, 7) is 11.2. The number of rotatable bonds is 11. The van der Waals surface area contributed by atoms with Crippen LogP contribution in [0.2, 0.25) is 0 Å². The van der Waals surface area contributed by atoms with Crippen LogP contribution in [-0.4, -0.2) is 93.2 Å². The minimum absolute atomic E-state index is 0.207. The van der Waals surface area contributed by atoms with Crippen LogP contribution in [0.15, 0.2) is 0 Å². The lowest BCUT2D eigenvalue weighted by atomic mass is 10.1. The molecule has 1 amide bonds. The quantitative estimate of drug-likeness (QED) is 0.415. The van der Waals surface area contributed by atoms with Crippen molar-refractivity contribution in [2.45, 2.75) is 32.6 Å². The minimum Gasteiger partial charge on any atom is -0.351 e. The van der Waals surface area contributed by atoms with Crippen LogP contribution in [0.4, 0.5) is 0 Å². The summed E-state index contributed by atoms with van der Waals surface area (Å²) >= 11 is 0. The van der Waals surface area contributed by atoms with Crippen LogP contribution in [0.3, 0.4) is 0 Å². The fourth-order valence-corrected chi connectivity index (χ4v) is 4.26. The average molecular weight is 341 g/mol. The molecule has 0 atom stereocenters. The predicted molar refractivity (Wildman–Crippen MR) is 95.5 cm³/mol. The molecule has 3 rings (SSSR count). The molecular weight excluding hydrogens is 304 g/mol. The van der Waals surface area contributed by atoms with Gasteiger partial charge in [-0.15, -0.1) is 0 Å². The Morgan fingerprint density at radius 3 is 1.79 bits per heavy atom. The van der Waals surface area contributed by atoms with Gasteiger partial charge in [0.2, 0.25) is 0 Å². The Balaban J connectivity index is 1.64. The van der Waals surface area contributed by atoms with Gasteiger partial charge < -0.3 is 19.6 Å². The fraction of sp³-hybridized carbons (Fsp3) is 0.889. The standard InChI is InChI=1S/C18H35N4O2/c1-17(23)15-21-9-12-22(13-10-21,14-11-21)16-18(24)20-8-6-4-3-5-7-19-2/h19H,3-16H2,1-2H3/q+1/p+1. The van der Waals surface area contributed by atoms with Crippen LogP contribution in [0.1, 0.15) is 32.6 Å². The van der Waals surface area contributed by atoms with Crippen molar-refractivity contribution in [3.63, 3.8) is 0 Å². The largest absolute Gasteiger partial charge is 0.351 e. The van der Waals surface area contributed by atoms with E-state index in [-0.39, 0.29) is 5.91 Å². The number of piperazine rings is 3. The highest BCUT2D eigenvalue weighted by Gasteiger charge is 2.50. The first-order valence-corrected chi connectivity index (χ1v) is 9.60. The van der Waals surface area contributed by atoms with E-state index in [0.29, 0.717) is 18.9 Å². The van der Waals surface area contributed by atoms with Crippen molar-refractivity contribution < 1.29 is 18.6 Å². The first-order valence-electron chi connectivity index (χ1n) is 9.60. The summed E-state index contributed by atoms with van der Waals surface area (Å²) in [7, 11) is 1.98. The van der Waals surface area contributed by atoms with Crippen molar-refractivity contribution in [1.29, 1.82) is 0 Å². The van der Waals surface area contributed by atoms with Gasteiger partial charge in [0, 0.05) is 13.5 Å². The molecule has 2 N–H and O–H groups in total. The maximum Gasteiger partial charge on any atom is 0.275 e. The van der Waals surface area contributed by atoms with E-state index in [1.54, 1.807) is 6.92 Å². The molecule has 0 aromatic carbocycles. The van der Waals surface area contributed by atoms with Crippen LogP contribution in [0.25, 0.3) is 0 Å². The molecule has 6 nitrogen and oxygen atoms in total. The maximum absolute atomic E-state index is 12.3. The third-order valence-electron chi connectivity index (χ3n) is 5.86. The van der Waals surface area contributed by atoms with Gasteiger partial charge in [-0.3, -0.25) is 9.59 Å². The fourth-order valence-electron chi connectivity index (χ4n) is 4.26. The van der Waals surface area contributed by atoms with Gasteiger partial charge >= 0.3 is 0 Å². The highest BCUT2D eigenvalue weighted by molar-refractivity contribution is 5.77. The topological polar surface area (TPSA) is 58.2 Å². The van der Waals surface area contributed by atoms with Gasteiger partial charge in [-0.05, 0) is 26.4 Å². The zero-order valence-corrected chi connectivity index (χ0v) is 15.6. The van der Waals surface area contributed by atoms with Gasteiger partial charge in [-0.25, -0.2) is 0 Å². The van der Waals surface area contributed by atoms with E-state index >= 15 is 0 Å². The molecule has 0 aliphatic carbocycles. The molecule has 0 aromatic rings. The summed E-state index contributed by atoms with van der Waals surface area (Å²) in [6, 6.07) is 0. The number of nitrogens with one attached hydrogen (secondary N) is 2. The normalized spacial score (nSPS) is 28.8. The molecule has 0 radical (unpaired) electrons. The lowest BCUT2D eigenvalue weighted by molar-refractivity contribution is -1.07. The van der Waals surface area contributed by atoms with Crippen LogP contribution in [0, 0.1) is 0 Å². The summed E-state index contributed by atoms with van der Waals surface area (Å²) in [5.74, 6) is 0.503. The lowest BCUT2D eigenvalue weighted by Crippen LogP contribution is -2.76. The summed E-state index contributed by atoms with van der Waals surface area (Å²) in [5.41, 5.74) is 0. The zero-order chi connectivity index (χ0) is 17.5.